The largest absolute Gasteiger partial charge is 0.481 e. The Labute approximate surface area is 101 Å². The minimum Gasteiger partial charge on any atom is -0.481 e. The van der Waals surface area contributed by atoms with E-state index in [0.29, 0.717) is 11.8 Å². The summed E-state index contributed by atoms with van der Waals surface area (Å²) in [6.45, 7) is 6.64. The molecule has 0 aliphatic rings. The number of aliphatic carboxylic acids is 1. The van der Waals surface area contributed by atoms with Crippen molar-refractivity contribution < 1.29 is 9.90 Å². The zero-order valence-electron chi connectivity index (χ0n) is 11.0. The molecular weight excluding hydrogens is 203 g/mol. The maximum absolute atomic E-state index is 10.2. The SMILES string of the molecule is CC(C)(C)CCCCCC(=O)O.[CH3][Al][CH3]. The fourth-order valence-electron chi connectivity index (χ4n) is 1.11. The lowest BCUT2D eigenvalue weighted by atomic mass is 9.89. The summed E-state index contributed by atoms with van der Waals surface area (Å²) in [5, 5.41) is 8.37. The lowest BCUT2D eigenvalue weighted by molar-refractivity contribution is -0.137. The Bertz CT molecular complexity index is 150. The molecule has 0 heterocycles. The second-order valence-corrected chi connectivity index (χ2v) is 6.25. The molecule has 0 saturated carbocycles. The number of hydrogen-bond acceptors (Lipinski definition) is 1. The van der Waals surface area contributed by atoms with Crippen LogP contribution in [0.3, 0.4) is 0 Å². The van der Waals surface area contributed by atoms with Crippen LogP contribution in [0.5, 0.6) is 0 Å². The van der Waals surface area contributed by atoms with Gasteiger partial charge in [0.25, 0.3) is 0 Å². The topological polar surface area (TPSA) is 37.3 Å². The first-order valence-electron chi connectivity index (χ1n) is 5.79. The second kappa shape index (κ2) is 10.5. The molecule has 2 nitrogen and oxygen atoms in total. The molecule has 1 N–H and O–H groups in total. The summed E-state index contributed by atoms with van der Waals surface area (Å²) in [7, 11) is 0. The Morgan fingerprint density at radius 2 is 1.60 bits per heavy atom. The third kappa shape index (κ3) is 24.9. The maximum Gasteiger partial charge on any atom is 0.303 e. The highest BCUT2D eigenvalue weighted by molar-refractivity contribution is 6.31. The van der Waals surface area contributed by atoms with Gasteiger partial charge < -0.3 is 5.11 Å². The summed E-state index contributed by atoms with van der Waals surface area (Å²) in [6.07, 6.45) is 4.53. The highest BCUT2D eigenvalue weighted by Crippen LogP contribution is 2.22. The lowest BCUT2D eigenvalue weighted by Crippen LogP contribution is -2.04. The monoisotopic (exact) mass is 229 g/mol. The normalized spacial score (nSPS) is 10.2. The summed E-state index contributed by atoms with van der Waals surface area (Å²) in [6, 6.07) is 0. The molecule has 89 valence electrons. The molecule has 0 rings (SSSR count). The zero-order chi connectivity index (χ0) is 12.3. The van der Waals surface area contributed by atoms with Crippen molar-refractivity contribution in [3.8, 4) is 0 Å². The molecule has 0 aromatic carbocycles. The second-order valence-electron chi connectivity index (χ2n) is 5.09. The van der Waals surface area contributed by atoms with Gasteiger partial charge in [-0.2, -0.15) is 0 Å². The van der Waals surface area contributed by atoms with E-state index in [2.05, 4.69) is 32.3 Å². The molecule has 0 amide bonds. The smallest absolute Gasteiger partial charge is 0.303 e. The van der Waals surface area contributed by atoms with Crippen molar-refractivity contribution in [3.63, 3.8) is 0 Å². The van der Waals surface area contributed by atoms with Crippen LogP contribution in [-0.4, -0.2) is 26.3 Å². The van der Waals surface area contributed by atoms with E-state index in [-0.39, 0.29) is 0 Å². The van der Waals surface area contributed by atoms with E-state index in [1.165, 1.54) is 6.42 Å². The van der Waals surface area contributed by atoms with Crippen LogP contribution in [0.25, 0.3) is 0 Å². The van der Waals surface area contributed by atoms with Crippen molar-refractivity contribution in [2.24, 2.45) is 5.41 Å². The minimum atomic E-state index is -0.675. The molecule has 0 bridgehead atoms. The molecule has 0 atom stereocenters. The van der Waals surface area contributed by atoms with Gasteiger partial charge in [-0.1, -0.05) is 33.6 Å². The van der Waals surface area contributed by atoms with E-state index in [1.807, 2.05) is 0 Å². The standard InChI is InChI=1S/C10H20O2.2CH3.Al/c1-10(2,3)8-6-4-5-7-9(11)12;;;/h4-8H2,1-3H3,(H,11,12);2*1H3;. The predicted molar refractivity (Wildman–Crippen MR) is 67.7 cm³/mol. The molecular formula is C12H26AlO2. The van der Waals surface area contributed by atoms with E-state index in [0.717, 1.165) is 34.5 Å². The van der Waals surface area contributed by atoms with Crippen molar-refractivity contribution in [1.82, 2.24) is 0 Å². The number of carboxylic acids is 1. The summed E-state index contributed by atoms with van der Waals surface area (Å²) >= 11 is 0.750. The van der Waals surface area contributed by atoms with Crippen molar-refractivity contribution in [1.29, 1.82) is 0 Å². The summed E-state index contributed by atoms with van der Waals surface area (Å²) < 4.78 is 0. The Hall–Kier alpha value is 0.00247. The van der Waals surface area contributed by atoms with Gasteiger partial charge in [0.15, 0.2) is 15.2 Å². The average Bonchev–Trinajstić information content (AvgIpc) is 2.02. The first-order chi connectivity index (χ1) is 6.83. The highest BCUT2D eigenvalue weighted by Gasteiger charge is 2.08. The van der Waals surface area contributed by atoms with Crippen molar-refractivity contribution >= 4 is 21.2 Å². The minimum absolute atomic E-state index is 0.324. The van der Waals surface area contributed by atoms with Gasteiger partial charge in [0.05, 0.1) is 0 Å². The third-order valence-corrected chi connectivity index (χ3v) is 1.82. The van der Waals surface area contributed by atoms with Crippen LogP contribution in [0.15, 0.2) is 0 Å². The number of hydrogen-bond donors (Lipinski definition) is 1. The first-order valence-corrected chi connectivity index (χ1v) is 8.10. The van der Waals surface area contributed by atoms with Gasteiger partial charge in [-0.3, -0.25) is 4.79 Å². The van der Waals surface area contributed by atoms with E-state index in [4.69, 9.17) is 5.11 Å². The molecule has 0 fully saturated rings. The molecule has 0 aliphatic heterocycles. The Morgan fingerprint density at radius 3 is 1.93 bits per heavy atom. The molecule has 15 heavy (non-hydrogen) atoms. The Kier molecular flexibility index (Phi) is 12.2. The zero-order valence-corrected chi connectivity index (χ0v) is 12.1. The van der Waals surface area contributed by atoms with Gasteiger partial charge in [-0.15, -0.1) is 11.6 Å². The van der Waals surface area contributed by atoms with Gasteiger partial charge in [0, 0.05) is 6.42 Å². The van der Waals surface area contributed by atoms with E-state index in [1.54, 1.807) is 0 Å². The van der Waals surface area contributed by atoms with Crippen LogP contribution in [0.4, 0.5) is 0 Å². The van der Waals surface area contributed by atoms with E-state index >= 15 is 0 Å². The molecule has 0 saturated heterocycles. The van der Waals surface area contributed by atoms with Gasteiger partial charge >= 0.3 is 5.97 Å². The van der Waals surface area contributed by atoms with Gasteiger partial charge in [0.1, 0.15) is 0 Å². The van der Waals surface area contributed by atoms with Crippen molar-refractivity contribution in [3.05, 3.63) is 0 Å². The van der Waals surface area contributed by atoms with E-state index < -0.39 is 5.97 Å². The summed E-state index contributed by atoms with van der Waals surface area (Å²) in [4.78, 5) is 10.2. The molecule has 0 aromatic rings. The van der Waals surface area contributed by atoms with Crippen LogP contribution in [0.1, 0.15) is 52.9 Å². The lowest BCUT2D eigenvalue weighted by Gasteiger charge is -2.17. The first kappa shape index (κ1) is 17.4. The van der Waals surface area contributed by atoms with Crippen molar-refractivity contribution in [2.75, 3.05) is 0 Å². The number of carbonyl (C=O) groups is 1. The summed E-state index contributed by atoms with van der Waals surface area (Å²) in [5.74, 6) is 3.74. The fraction of sp³-hybridized carbons (Fsp3) is 0.917. The molecule has 3 heteroatoms. The number of carboxylic acid groups (broad SMARTS) is 1. The van der Waals surface area contributed by atoms with Crippen LogP contribution >= 0.6 is 0 Å². The summed E-state index contributed by atoms with van der Waals surface area (Å²) in [5.41, 5.74) is 0.392. The molecule has 0 aromatic heterocycles. The fourth-order valence-corrected chi connectivity index (χ4v) is 1.11. The maximum atomic E-state index is 10.2. The van der Waals surface area contributed by atoms with Crippen molar-refractivity contribution in [2.45, 2.75) is 64.4 Å². The average molecular weight is 229 g/mol. The van der Waals surface area contributed by atoms with Gasteiger partial charge in [-0.25, -0.2) is 0 Å². The molecule has 0 spiro atoms. The van der Waals surface area contributed by atoms with Crippen LogP contribution in [-0.2, 0) is 4.79 Å². The Balaban J connectivity index is 0. The molecule has 0 unspecified atom stereocenters. The molecule has 1 radical (unpaired) electrons. The highest BCUT2D eigenvalue weighted by atomic mass is 27.1. The quantitative estimate of drug-likeness (QED) is 0.574. The Morgan fingerprint density at radius 1 is 1.13 bits per heavy atom. The number of rotatable bonds is 5. The van der Waals surface area contributed by atoms with Gasteiger partial charge in [-0.05, 0) is 18.3 Å². The van der Waals surface area contributed by atoms with Crippen LogP contribution < -0.4 is 0 Å². The van der Waals surface area contributed by atoms with E-state index in [9.17, 15) is 4.79 Å². The number of unbranched alkanes of at least 4 members (excludes halogenated alkanes) is 2. The van der Waals surface area contributed by atoms with Crippen LogP contribution in [0.2, 0.25) is 11.6 Å². The third-order valence-electron chi connectivity index (χ3n) is 1.82. The predicted octanol–water partition coefficient (Wildman–Crippen LogP) is 3.85. The van der Waals surface area contributed by atoms with Gasteiger partial charge in [0.2, 0.25) is 0 Å². The molecule has 0 aliphatic carbocycles. The van der Waals surface area contributed by atoms with Crippen LogP contribution in [0, 0.1) is 5.41 Å².